The lowest BCUT2D eigenvalue weighted by atomic mass is 9.79. The van der Waals surface area contributed by atoms with Crippen LogP contribution in [0, 0.1) is 13.8 Å². The van der Waals surface area contributed by atoms with Crippen molar-refractivity contribution in [2.24, 2.45) is 0 Å². The first-order chi connectivity index (χ1) is 36.7. The molecule has 0 radical (unpaired) electrons. The summed E-state index contributed by atoms with van der Waals surface area (Å²) in [5.41, 5.74) is 3.51. The predicted octanol–water partition coefficient (Wildman–Crippen LogP) is 7.51. The van der Waals surface area contributed by atoms with E-state index in [1.54, 1.807) is 38.1 Å². The van der Waals surface area contributed by atoms with E-state index in [0.29, 0.717) is 16.7 Å². The van der Waals surface area contributed by atoms with Gasteiger partial charge in [0, 0.05) is 0 Å². The smallest absolute Gasteiger partial charge is 0.297 e. The van der Waals surface area contributed by atoms with E-state index in [2.05, 4.69) is 0 Å². The number of aryl methyl sites for hydroxylation is 2. The molecule has 2 aliphatic rings. The molecule has 2 fully saturated rings. The van der Waals surface area contributed by atoms with Crippen molar-refractivity contribution < 1.29 is 68.9 Å². The van der Waals surface area contributed by atoms with Crippen LogP contribution in [0.4, 0.5) is 0 Å². The quantitative estimate of drug-likeness (QED) is 0.0471. The van der Waals surface area contributed by atoms with Gasteiger partial charge in [-0.1, -0.05) is 187 Å². The maximum atomic E-state index is 14.6. The molecule has 9 rings (SSSR count). The Morgan fingerprint density at radius 2 is 0.829 bits per heavy atom. The molecule has 10 atom stereocenters. The minimum absolute atomic E-state index is 0.0320. The van der Waals surface area contributed by atoms with E-state index >= 15 is 0 Å². The van der Waals surface area contributed by atoms with Gasteiger partial charge in [-0.05, 0) is 65.9 Å². The molecule has 0 spiro atoms. The Bertz CT molecular complexity index is 3040. The first-order valence-electron chi connectivity index (χ1n) is 24.8. The van der Waals surface area contributed by atoms with Crippen LogP contribution in [0.3, 0.4) is 0 Å². The van der Waals surface area contributed by atoms with Crippen molar-refractivity contribution in [3.63, 3.8) is 0 Å². The second-order valence-electron chi connectivity index (χ2n) is 18.7. The summed E-state index contributed by atoms with van der Waals surface area (Å²) < 4.78 is 109. The summed E-state index contributed by atoms with van der Waals surface area (Å²) in [4.78, 5) is -0.537. The standard InChI is InChI=1S/C59H60O15S2/c1-40-28-32-47(33-29-40)75(63,64)73-55-52(61)57(62)69-50(39-68-37-43-20-10-4-11-21-43)54(55)71-58-56(74-76(65,66)48-34-30-41(2)31-35-48)51(60)53(49(70-58)38-67-36-42-18-8-3-9-19-42)72-59(44-22-12-5-13-23-44,45-24-14-6-15-25-45)46-26-16-7-17-27-46/h3-35,49-58,60-62H,36-39H2,1-2H3/t49-,50-,51+,52+,53-,54-,55-,56+,57+,58-/m1/s1. The number of aliphatic hydroxyl groups is 3. The predicted molar refractivity (Wildman–Crippen MR) is 279 cm³/mol. The summed E-state index contributed by atoms with van der Waals surface area (Å²) in [6.07, 6.45) is -18.1. The number of hydrogen-bond donors (Lipinski definition) is 3. The van der Waals surface area contributed by atoms with Crippen LogP contribution in [-0.4, -0.2) is 107 Å². The van der Waals surface area contributed by atoms with Crippen molar-refractivity contribution in [1.82, 2.24) is 0 Å². The van der Waals surface area contributed by atoms with Gasteiger partial charge in [-0.15, -0.1) is 0 Å². The summed E-state index contributed by atoms with van der Waals surface area (Å²) in [5, 5.41) is 36.2. The molecule has 76 heavy (non-hydrogen) atoms. The van der Waals surface area contributed by atoms with Gasteiger partial charge >= 0.3 is 0 Å². The molecule has 3 N–H and O–H groups in total. The zero-order valence-electron chi connectivity index (χ0n) is 41.7. The van der Waals surface area contributed by atoms with Crippen LogP contribution < -0.4 is 0 Å². The van der Waals surface area contributed by atoms with E-state index in [4.69, 9.17) is 36.8 Å². The molecule has 17 heteroatoms. The highest BCUT2D eigenvalue weighted by Gasteiger charge is 2.57. The van der Waals surface area contributed by atoms with Gasteiger partial charge in [-0.2, -0.15) is 16.8 Å². The Kier molecular flexibility index (Phi) is 17.7. The van der Waals surface area contributed by atoms with Gasteiger partial charge in [-0.25, -0.2) is 0 Å². The molecule has 0 unspecified atom stereocenters. The van der Waals surface area contributed by atoms with Crippen molar-refractivity contribution in [3.05, 3.63) is 239 Å². The van der Waals surface area contributed by atoms with Gasteiger partial charge < -0.3 is 43.7 Å². The molecule has 7 aromatic carbocycles. The highest BCUT2D eigenvalue weighted by molar-refractivity contribution is 7.87. The number of hydrogen-bond acceptors (Lipinski definition) is 15. The lowest BCUT2D eigenvalue weighted by molar-refractivity contribution is -0.357. The highest BCUT2D eigenvalue weighted by Crippen LogP contribution is 2.45. The SMILES string of the molecule is Cc1ccc(S(=O)(=O)O[C@@H]2[C@@H](O[C@H]3[C@H](OS(=O)(=O)c4ccc(C)cc4)[C@H](O)[C@@H](O)O[C@@H]3COCc3ccccc3)O[C@H](COCc3ccccc3)[C@@H](OC(c3ccccc3)(c3ccccc3)c3ccccc3)[C@@H]2O)cc1. The van der Waals surface area contributed by atoms with Crippen LogP contribution in [0.2, 0.25) is 0 Å². The normalized spacial score (nSPS) is 24.2. The van der Waals surface area contributed by atoms with Crippen LogP contribution in [0.25, 0.3) is 0 Å². The fourth-order valence-corrected chi connectivity index (χ4v) is 11.5. The molecule has 2 saturated heterocycles. The Morgan fingerprint density at radius 3 is 1.25 bits per heavy atom. The van der Waals surface area contributed by atoms with Gasteiger partial charge in [-0.3, -0.25) is 8.37 Å². The van der Waals surface area contributed by atoms with E-state index in [1.165, 1.54) is 24.3 Å². The van der Waals surface area contributed by atoms with Gasteiger partial charge in [0.2, 0.25) is 0 Å². The molecule has 15 nitrogen and oxygen atoms in total. The van der Waals surface area contributed by atoms with E-state index < -0.39 is 87.2 Å². The maximum Gasteiger partial charge on any atom is 0.297 e. The largest absolute Gasteiger partial charge is 0.387 e. The summed E-state index contributed by atoms with van der Waals surface area (Å²) in [5.74, 6) is 0. The Balaban J connectivity index is 1.17. The van der Waals surface area contributed by atoms with Gasteiger partial charge in [0.25, 0.3) is 20.2 Å². The third kappa shape index (κ3) is 12.7. The monoisotopic (exact) mass is 1070 g/mol. The molecular weight excluding hydrogens is 1010 g/mol. The van der Waals surface area contributed by atoms with Gasteiger partial charge in [0.15, 0.2) is 18.7 Å². The minimum atomic E-state index is -4.82. The zero-order valence-corrected chi connectivity index (χ0v) is 43.3. The van der Waals surface area contributed by atoms with E-state index in [1.807, 2.05) is 152 Å². The average molecular weight is 1070 g/mol. The Morgan fingerprint density at radius 1 is 0.447 bits per heavy atom. The third-order valence-corrected chi connectivity index (χ3v) is 15.9. The van der Waals surface area contributed by atoms with Gasteiger partial charge in [0.1, 0.15) is 48.3 Å². The van der Waals surface area contributed by atoms with Crippen molar-refractivity contribution in [3.8, 4) is 0 Å². The fourth-order valence-electron chi connectivity index (χ4n) is 9.33. The highest BCUT2D eigenvalue weighted by atomic mass is 32.2. The molecule has 2 aliphatic heterocycles. The van der Waals surface area contributed by atoms with Crippen LogP contribution in [0.5, 0.6) is 0 Å². The summed E-state index contributed by atoms with van der Waals surface area (Å²) in [7, 11) is -9.56. The van der Waals surface area contributed by atoms with E-state index in [0.717, 1.165) is 22.3 Å². The van der Waals surface area contributed by atoms with Gasteiger partial charge in [0.05, 0.1) is 36.2 Å². The summed E-state index contributed by atoms with van der Waals surface area (Å²) in [6, 6.07) is 58.1. The average Bonchev–Trinajstić information content (AvgIpc) is 3.46. The molecule has 7 aromatic rings. The lowest BCUT2D eigenvalue weighted by Crippen LogP contribution is -2.66. The van der Waals surface area contributed by atoms with Crippen LogP contribution in [0.15, 0.2) is 210 Å². The number of aliphatic hydroxyl groups excluding tert-OH is 3. The second kappa shape index (κ2) is 24.6. The van der Waals surface area contributed by atoms with Crippen molar-refractivity contribution in [2.45, 2.75) is 104 Å². The zero-order chi connectivity index (χ0) is 53.3. The van der Waals surface area contributed by atoms with Crippen LogP contribution in [-0.2, 0) is 75.8 Å². The molecular formula is C59H60O15S2. The van der Waals surface area contributed by atoms with Crippen molar-refractivity contribution in [2.75, 3.05) is 13.2 Å². The number of ether oxygens (including phenoxy) is 6. The number of benzene rings is 7. The first-order valence-corrected chi connectivity index (χ1v) is 27.6. The van der Waals surface area contributed by atoms with E-state index in [9.17, 15) is 32.2 Å². The van der Waals surface area contributed by atoms with Crippen molar-refractivity contribution >= 4 is 20.2 Å². The third-order valence-electron chi connectivity index (χ3n) is 13.3. The molecule has 0 bridgehead atoms. The van der Waals surface area contributed by atoms with Crippen LogP contribution in [0.1, 0.15) is 38.9 Å². The summed E-state index contributed by atoms with van der Waals surface area (Å²) >= 11 is 0. The first kappa shape index (κ1) is 54.8. The fraction of sp³-hybridized carbons (Fsp3) is 0.288. The lowest BCUT2D eigenvalue weighted by Gasteiger charge is -2.49. The maximum absolute atomic E-state index is 14.6. The topological polar surface area (TPSA) is 203 Å². The Labute approximate surface area is 443 Å². The Hall–Kier alpha value is -6.00. The molecule has 0 saturated carbocycles. The molecule has 0 amide bonds. The molecule has 398 valence electrons. The van der Waals surface area contributed by atoms with Crippen molar-refractivity contribution in [1.29, 1.82) is 0 Å². The number of rotatable bonds is 21. The summed E-state index contributed by atoms with van der Waals surface area (Å²) in [6.45, 7) is 2.98. The molecule has 2 heterocycles. The molecule has 0 aliphatic carbocycles. The second-order valence-corrected chi connectivity index (χ2v) is 21.9. The van der Waals surface area contributed by atoms with Crippen LogP contribution >= 0.6 is 0 Å². The molecule has 0 aromatic heterocycles. The minimum Gasteiger partial charge on any atom is -0.387 e. The van der Waals surface area contributed by atoms with E-state index in [-0.39, 0.29) is 36.2 Å².